The highest BCUT2D eigenvalue weighted by atomic mass is 16.5. The molecule has 32 heavy (non-hydrogen) atoms. The fourth-order valence-electron chi connectivity index (χ4n) is 3.95. The van der Waals surface area contributed by atoms with E-state index < -0.39 is 0 Å². The summed E-state index contributed by atoms with van der Waals surface area (Å²) in [7, 11) is 4.02. The van der Waals surface area contributed by atoms with Crippen molar-refractivity contribution in [2.24, 2.45) is 0 Å². The molecule has 0 bridgehead atoms. The predicted molar refractivity (Wildman–Crippen MR) is 124 cm³/mol. The molecule has 1 unspecified atom stereocenters. The number of carbonyl (C=O) groups is 1. The highest BCUT2D eigenvalue weighted by Gasteiger charge is 2.27. The normalized spacial score (nSPS) is 16.0. The van der Waals surface area contributed by atoms with Crippen molar-refractivity contribution in [1.82, 2.24) is 19.9 Å². The third kappa shape index (κ3) is 5.04. The van der Waals surface area contributed by atoms with E-state index in [2.05, 4.69) is 14.9 Å². The Morgan fingerprint density at radius 2 is 1.81 bits per heavy atom. The number of nitrogens with zero attached hydrogens (tertiary/aromatic N) is 5. The zero-order valence-corrected chi connectivity index (χ0v) is 19.1. The van der Waals surface area contributed by atoms with Gasteiger partial charge in [-0.2, -0.15) is 0 Å². The molecule has 0 saturated carbocycles. The number of piperidine rings is 1. The molecule has 7 nitrogen and oxygen atoms in total. The Morgan fingerprint density at radius 1 is 1.03 bits per heavy atom. The number of ether oxygens (including phenoxy) is 1. The van der Waals surface area contributed by atoms with Crippen LogP contribution in [0.15, 0.2) is 48.8 Å². The highest BCUT2D eigenvalue weighted by molar-refractivity contribution is 5.92. The van der Waals surface area contributed by atoms with Crippen LogP contribution in [0.25, 0.3) is 0 Å². The molecule has 3 aromatic rings. The molecule has 1 atom stereocenters. The largest absolute Gasteiger partial charge is 0.457 e. The van der Waals surface area contributed by atoms with E-state index >= 15 is 0 Å². The standard InChI is InChI=1S/C25H29N5O2/c1-17-12-22(32-21-9-7-20(8-10-21)29(3)4)13-23(28-17)19-6-5-11-30(16-19)25(31)24-15-26-18(2)14-27-24/h7-10,12-15,19H,5-6,11,16H2,1-4H3. The summed E-state index contributed by atoms with van der Waals surface area (Å²) < 4.78 is 6.12. The topological polar surface area (TPSA) is 71.5 Å². The summed E-state index contributed by atoms with van der Waals surface area (Å²) in [5.41, 5.74) is 4.16. The van der Waals surface area contributed by atoms with Crippen molar-refractivity contribution in [2.45, 2.75) is 32.6 Å². The van der Waals surface area contributed by atoms with E-state index in [-0.39, 0.29) is 11.8 Å². The molecule has 1 amide bonds. The molecule has 0 radical (unpaired) electrons. The van der Waals surface area contributed by atoms with Gasteiger partial charge in [-0.05, 0) is 51.0 Å². The smallest absolute Gasteiger partial charge is 0.274 e. The monoisotopic (exact) mass is 431 g/mol. The summed E-state index contributed by atoms with van der Waals surface area (Å²) in [6, 6.07) is 11.9. The second-order valence-electron chi connectivity index (χ2n) is 8.49. The van der Waals surface area contributed by atoms with Crippen molar-refractivity contribution in [3.63, 3.8) is 0 Å². The van der Waals surface area contributed by atoms with Gasteiger partial charge in [0.1, 0.15) is 17.2 Å². The molecule has 1 fully saturated rings. The first-order valence-corrected chi connectivity index (χ1v) is 10.9. The number of hydrogen-bond donors (Lipinski definition) is 0. The molecular weight excluding hydrogens is 402 g/mol. The third-order valence-corrected chi connectivity index (χ3v) is 5.66. The van der Waals surface area contributed by atoms with Crippen LogP contribution in [0.5, 0.6) is 11.5 Å². The predicted octanol–water partition coefficient (Wildman–Crippen LogP) is 4.37. The zero-order valence-electron chi connectivity index (χ0n) is 19.1. The van der Waals surface area contributed by atoms with Gasteiger partial charge < -0.3 is 14.5 Å². The molecular formula is C25H29N5O2. The minimum absolute atomic E-state index is 0.0766. The average Bonchev–Trinajstić information content (AvgIpc) is 2.79. The van der Waals surface area contributed by atoms with Crippen LogP contribution >= 0.6 is 0 Å². The molecule has 166 valence electrons. The third-order valence-electron chi connectivity index (χ3n) is 5.66. The van der Waals surface area contributed by atoms with Crippen molar-refractivity contribution in [3.05, 3.63) is 71.6 Å². The van der Waals surface area contributed by atoms with Crippen LogP contribution in [0, 0.1) is 13.8 Å². The summed E-state index contributed by atoms with van der Waals surface area (Å²) in [5, 5.41) is 0. The van der Waals surface area contributed by atoms with Crippen LogP contribution in [0.2, 0.25) is 0 Å². The lowest BCUT2D eigenvalue weighted by Crippen LogP contribution is -2.39. The summed E-state index contributed by atoms with van der Waals surface area (Å²) in [4.78, 5) is 30.0. The van der Waals surface area contributed by atoms with Gasteiger partial charge >= 0.3 is 0 Å². The number of hydrogen-bond acceptors (Lipinski definition) is 6. The van der Waals surface area contributed by atoms with E-state index in [9.17, 15) is 4.79 Å². The Morgan fingerprint density at radius 3 is 2.50 bits per heavy atom. The second kappa shape index (κ2) is 9.34. The second-order valence-corrected chi connectivity index (χ2v) is 8.49. The molecule has 3 heterocycles. The molecule has 2 aromatic heterocycles. The summed E-state index contributed by atoms with van der Waals surface area (Å²) in [6.45, 7) is 5.16. The molecule has 0 N–H and O–H groups in total. The summed E-state index contributed by atoms with van der Waals surface area (Å²) in [6.07, 6.45) is 5.09. The van der Waals surface area contributed by atoms with Crippen molar-refractivity contribution < 1.29 is 9.53 Å². The maximum absolute atomic E-state index is 12.9. The lowest BCUT2D eigenvalue weighted by Gasteiger charge is -2.32. The minimum atomic E-state index is -0.0766. The van der Waals surface area contributed by atoms with Gasteiger partial charge in [-0.25, -0.2) is 4.98 Å². The summed E-state index contributed by atoms with van der Waals surface area (Å²) >= 11 is 0. The van der Waals surface area contributed by atoms with Crippen LogP contribution in [0.4, 0.5) is 5.69 Å². The van der Waals surface area contributed by atoms with Gasteiger partial charge in [0.25, 0.3) is 5.91 Å². The molecule has 4 rings (SSSR count). The fraction of sp³-hybridized carbons (Fsp3) is 0.360. The number of anilines is 1. The first kappa shape index (κ1) is 21.7. The van der Waals surface area contributed by atoms with Gasteiger partial charge in [-0.15, -0.1) is 0 Å². The van der Waals surface area contributed by atoms with Gasteiger partial charge in [0, 0.05) is 68.5 Å². The van der Waals surface area contributed by atoms with E-state index in [1.807, 2.05) is 69.2 Å². The van der Waals surface area contributed by atoms with Gasteiger partial charge in [0.2, 0.25) is 0 Å². The lowest BCUT2D eigenvalue weighted by atomic mass is 9.93. The highest BCUT2D eigenvalue weighted by Crippen LogP contribution is 2.31. The van der Waals surface area contributed by atoms with Crippen molar-refractivity contribution >= 4 is 11.6 Å². The molecule has 1 aliphatic heterocycles. The molecule has 1 aliphatic rings. The Bertz CT molecular complexity index is 1080. The molecule has 0 aliphatic carbocycles. The number of likely N-dealkylation sites (tertiary alicyclic amines) is 1. The zero-order chi connectivity index (χ0) is 22.7. The molecule has 1 aromatic carbocycles. The SMILES string of the molecule is Cc1cnc(C(=O)N2CCCC(c3cc(Oc4ccc(N(C)C)cc4)cc(C)n3)C2)cn1. The van der Waals surface area contributed by atoms with Crippen molar-refractivity contribution in [2.75, 3.05) is 32.1 Å². The maximum Gasteiger partial charge on any atom is 0.274 e. The Balaban J connectivity index is 1.49. The maximum atomic E-state index is 12.9. The van der Waals surface area contributed by atoms with E-state index in [1.165, 1.54) is 0 Å². The van der Waals surface area contributed by atoms with Crippen molar-refractivity contribution in [3.8, 4) is 11.5 Å². The van der Waals surface area contributed by atoms with Crippen LogP contribution in [0.3, 0.4) is 0 Å². The molecule has 1 saturated heterocycles. The Labute approximate surface area is 189 Å². The van der Waals surface area contributed by atoms with Gasteiger partial charge in [-0.3, -0.25) is 14.8 Å². The Hall–Kier alpha value is -3.48. The number of aromatic nitrogens is 3. The van der Waals surface area contributed by atoms with Gasteiger partial charge in [0.15, 0.2) is 0 Å². The Kier molecular flexibility index (Phi) is 6.35. The number of carbonyl (C=O) groups excluding carboxylic acids is 1. The molecule has 7 heteroatoms. The van der Waals surface area contributed by atoms with E-state index in [4.69, 9.17) is 9.72 Å². The van der Waals surface area contributed by atoms with Crippen LogP contribution in [0.1, 0.15) is 46.3 Å². The number of benzene rings is 1. The number of pyridine rings is 1. The number of aryl methyl sites for hydroxylation is 2. The fourth-order valence-corrected chi connectivity index (χ4v) is 3.95. The van der Waals surface area contributed by atoms with Crippen LogP contribution in [-0.2, 0) is 0 Å². The van der Waals surface area contributed by atoms with Gasteiger partial charge in [0.05, 0.1) is 11.9 Å². The van der Waals surface area contributed by atoms with Crippen molar-refractivity contribution in [1.29, 1.82) is 0 Å². The van der Waals surface area contributed by atoms with E-state index in [0.29, 0.717) is 12.2 Å². The lowest BCUT2D eigenvalue weighted by molar-refractivity contribution is 0.0699. The quantitative estimate of drug-likeness (QED) is 0.598. The van der Waals surface area contributed by atoms with Gasteiger partial charge in [-0.1, -0.05) is 0 Å². The number of rotatable bonds is 5. The van der Waals surface area contributed by atoms with E-state index in [1.54, 1.807) is 12.4 Å². The van der Waals surface area contributed by atoms with Crippen LogP contribution in [-0.4, -0.2) is 52.9 Å². The minimum Gasteiger partial charge on any atom is -0.457 e. The summed E-state index contributed by atoms with van der Waals surface area (Å²) in [5.74, 6) is 1.63. The molecule has 0 spiro atoms. The van der Waals surface area contributed by atoms with E-state index in [0.717, 1.165) is 53.7 Å². The van der Waals surface area contributed by atoms with Crippen LogP contribution < -0.4 is 9.64 Å². The first-order chi connectivity index (χ1) is 15.4. The first-order valence-electron chi connectivity index (χ1n) is 10.9. The number of amides is 1. The average molecular weight is 432 g/mol.